The second kappa shape index (κ2) is 7.29. The zero-order valence-corrected chi connectivity index (χ0v) is 15.8. The molecule has 3 aromatic heterocycles. The van der Waals surface area contributed by atoms with Crippen LogP contribution in [0.1, 0.15) is 66.8 Å². The Morgan fingerprint density at radius 2 is 2.04 bits per heavy atom. The van der Waals surface area contributed by atoms with Crippen molar-refractivity contribution in [2.24, 2.45) is 5.92 Å². The summed E-state index contributed by atoms with van der Waals surface area (Å²) in [7, 11) is 0. The summed E-state index contributed by atoms with van der Waals surface area (Å²) in [6.07, 6.45) is 5.60. The lowest BCUT2D eigenvalue weighted by atomic mass is 9.87. The number of aromatic nitrogens is 5. The van der Waals surface area contributed by atoms with Gasteiger partial charge in [0.2, 0.25) is 0 Å². The highest BCUT2D eigenvalue weighted by Crippen LogP contribution is 2.34. The second-order valence-corrected chi connectivity index (χ2v) is 7.46. The molecule has 0 saturated heterocycles. The molecule has 0 aromatic carbocycles. The predicted molar refractivity (Wildman–Crippen MR) is 99.5 cm³/mol. The van der Waals surface area contributed by atoms with Gasteiger partial charge in [0.05, 0.1) is 17.9 Å². The predicted octanol–water partition coefficient (Wildman–Crippen LogP) is 4.18. The zero-order valence-electron chi connectivity index (χ0n) is 15.8. The Hall–Kier alpha value is -2.84. The van der Waals surface area contributed by atoms with Crippen LogP contribution in [0.15, 0.2) is 24.7 Å². The maximum atomic E-state index is 13.5. The molecule has 1 aliphatic carbocycles. The van der Waals surface area contributed by atoms with Gasteiger partial charge in [-0.25, -0.2) is 18.3 Å². The number of hydrogen-bond acceptors (Lipinski definition) is 4. The van der Waals surface area contributed by atoms with Crippen molar-refractivity contribution >= 4 is 17.2 Å². The standard InChI is InChI=1S/C19H22F2N6O/c1-11-3-5-13(6-4-11)26-10-15(16(25-26)17(20)21)24-19(28)14-9-23-27-12(2)7-8-22-18(14)27/h7-11,13,17H,3-6H2,1-2H3,(H,24,28). The van der Waals surface area contributed by atoms with E-state index >= 15 is 0 Å². The molecular weight excluding hydrogens is 366 g/mol. The van der Waals surface area contributed by atoms with Gasteiger partial charge in [0.15, 0.2) is 11.3 Å². The van der Waals surface area contributed by atoms with E-state index in [1.807, 2.05) is 6.92 Å². The van der Waals surface area contributed by atoms with E-state index in [9.17, 15) is 13.6 Å². The summed E-state index contributed by atoms with van der Waals surface area (Å²) in [5.74, 6) is 0.110. The van der Waals surface area contributed by atoms with E-state index in [1.54, 1.807) is 16.9 Å². The normalized spacial score (nSPS) is 20.0. The molecule has 4 rings (SSSR count). The Labute approximate surface area is 160 Å². The van der Waals surface area contributed by atoms with Crippen molar-refractivity contribution in [2.75, 3.05) is 5.32 Å². The highest BCUT2D eigenvalue weighted by molar-refractivity contribution is 6.08. The van der Waals surface area contributed by atoms with Crippen LogP contribution >= 0.6 is 0 Å². The Balaban J connectivity index is 1.61. The maximum Gasteiger partial charge on any atom is 0.284 e. The molecule has 3 aromatic rings. The third-order valence-corrected chi connectivity index (χ3v) is 5.41. The summed E-state index contributed by atoms with van der Waals surface area (Å²) in [6.45, 7) is 4.04. The lowest BCUT2D eigenvalue weighted by molar-refractivity contribution is 0.102. The van der Waals surface area contributed by atoms with Crippen LogP contribution in [-0.2, 0) is 0 Å². The van der Waals surface area contributed by atoms with E-state index < -0.39 is 18.0 Å². The maximum absolute atomic E-state index is 13.5. The Kier molecular flexibility index (Phi) is 4.82. The van der Waals surface area contributed by atoms with E-state index in [0.717, 1.165) is 31.4 Å². The SMILES string of the molecule is Cc1ccnc2c(C(=O)Nc3cn(C4CCC(C)CC4)nc3C(F)F)cnn12. The molecule has 9 heteroatoms. The number of rotatable bonds is 4. The molecular formula is C19H22F2N6O. The molecule has 3 heterocycles. The summed E-state index contributed by atoms with van der Waals surface area (Å²) in [5.41, 5.74) is 1.04. The molecule has 0 radical (unpaired) electrons. The second-order valence-electron chi connectivity index (χ2n) is 7.46. The minimum absolute atomic E-state index is 0.0330. The van der Waals surface area contributed by atoms with Gasteiger partial charge in [-0.2, -0.15) is 10.2 Å². The first-order valence-corrected chi connectivity index (χ1v) is 9.42. The number of halogens is 2. The van der Waals surface area contributed by atoms with Crippen molar-refractivity contribution in [2.45, 2.75) is 52.0 Å². The summed E-state index contributed by atoms with van der Waals surface area (Å²) in [6, 6.07) is 1.85. The molecule has 0 bridgehead atoms. The molecule has 7 nitrogen and oxygen atoms in total. The molecule has 0 unspecified atom stereocenters. The van der Waals surface area contributed by atoms with Crippen molar-refractivity contribution in [3.63, 3.8) is 0 Å². The first-order valence-electron chi connectivity index (χ1n) is 9.42. The van der Waals surface area contributed by atoms with Crippen LogP contribution in [0.5, 0.6) is 0 Å². The van der Waals surface area contributed by atoms with Crippen molar-refractivity contribution in [3.05, 3.63) is 41.6 Å². The van der Waals surface area contributed by atoms with Crippen LogP contribution in [-0.4, -0.2) is 30.3 Å². The smallest absolute Gasteiger partial charge is 0.284 e. The number of alkyl halides is 2. The van der Waals surface area contributed by atoms with Crippen molar-refractivity contribution in [3.8, 4) is 0 Å². The van der Waals surface area contributed by atoms with Gasteiger partial charge in [0.1, 0.15) is 5.56 Å². The highest BCUT2D eigenvalue weighted by Gasteiger charge is 2.26. The molecule has 1 fully saturated rings. The van der Waals surface area contributed by atoms with Crippen molar-refractivity contribution in [1.29, 1.82) is 0 Å². The lowest BCUT2D eigenvalue weighted by Crippen LogP contribution is -2.17. The van der Waals surface area contributed by atoms with Crippen LogP contribution in [0, 0.1) is 12.8 Å². The number of carbonyl (C=O) groups is 1. The minimum Gasteiger partial charge on any atom is -0.319 e. The number of amides is 1. The summed E-state index contributed by atoms with van der Waals surface area (Å²) in [4.78, 5) is 16.9. The quantitative estimate of drug-likeness (QED) is 0.728. The van der Waals surface area contributed by atoms with E-state index in [4.69, 9.17) is 0 Å². The highest BCUT2D eigenvalue weighted by atomic mass is 19.3. The average Bonchev–Trinajstić information content (AvgIpc) is 3.27. The van der Waals surface area contributed by atoms with Crippen molar-refractivity contribution in [1.82, 2.24) is 24.4 Å². The van der Waals surface area contributed by atoms with Crippen LogP contribution in [0.4, 0.5) is 14.5 Å². The minimum atomic E-state index is -2.77. The number of nitrogens with zero attached hydrogens (tertiary/aromatic N) is 5. The fourth-order valence-electron chi connectivity index (χ4n) is 3.72. The topological polar surface area (TPSA) is 77.1 Å². The van der Waals surface area contributed by atoms with Gasteiger partial charge < -0.3 is 5.32 Å². The zero-order chi connectivity index (χ0) is 19.8. The van der Waals surface area contributed by atoms with Crippen molar-refractivity contribution < 1.29 is 13.6 Å². The van der Waals surface area contributed by atoms with Crippen LogP contribution in [0.2, 0.25) is 0 Å². The molecule has 0 atom stereocenters. The third-order valence-electron chi connectivity index (χ3n) is 5.41. The summed E-state index contributed by atoms with van der Waals surface area (Å²) in [5, 5.41) is 10.8. The monoisotopic (exact) mass is 388 g/mol. The largest absolute Gasteiger partial charge is 0.319 e. The number of carbonyl (C=O) groups excluding carboxylic acids is 1. The average molecular weight is 388 g/mol. The molecule has 1 amide bonds. The van der Waals surface area contributed by atoms with E-state index in [1.165, 1.54) is 16.9 Å². The van der Waals surface area contributed by atoms with Gasteiger partial charge in [-0.15, -0.1) is 0 Å². The van der Waals surface area contributed by atoms with E-state index in [-0.39, 0.29) is 17.3 Å². The Morgan fingerprint density at radius 3 is 2.75 bits per heavy atom. The van der Waals surface area contributed by atoms with Crippen LogP contribution < -0.4 is 5.32 Å². The third kappa shape index (κ3) is 3.36. The van der Waals surface area contributed by atoms with Gasteiger partial charge in [0.25, 0.3) is 12.3 Å². The fraction of sp³-hybridized carbons (Fsp3) is 0.474. The summed E-state index contributed by atoms with van der Waals surface area (Å²) >= 11 is 0. The van der Waals surface area contributed by atoms with E-state index in [0.29, 0.717) is 11.6 Å². The van der Waals surface area contributed by atoms with Crippen LogP contribution in [0.25, 0.3) is 5.65 Å². The fourth-order valence-corrected chi connectivity index (χ4v) is 3.72. The van der Waals surface area contributed by atoms with Crippen LogP contribution in [0.3, 0.4) is 0 Å². The number of fused-ring (bicyclic) bond motifs is 1. The number of aryl methyl sites for hydroxylation is 1. The van der Waals surface area contributed by atoms with Gasteiger partial charge >= 0.3 is 0 Å². The molecule has 148 valence electrons. The number of anilines is 1. The number of hydrogen-bond donors (Lipinski definition) is 1. The van der Waals surface area contributed by atoms with Gasteiger partial charge in [-0.1, -0.05) is 6.92 Å². The Morgan fingerprint density at radius 1 is 1.29 bits per heavy atom. The Bertz CT molecular complexity index is 1000. The molecule has 0 spiro atoms. The van der Waals surface area contributed by atoms with Gasteiger partial charge in [-0.3, -0.25) is 9.48 Å². The number of nitrogens with one attached hydrogen (secondary N) is 1. The molecule has 28 heavy (non-hydrogen) atoms. The first-order chi connectivity index (χ1) is 13.4. The molecule has 0 aliphatic heterocycles. The van der Waals surface area contributed by atoms with Gasteiger partial charge in [0, 0.05) is 18.1 Å². The molecule has 1 aliphatic rings. The molecule has 1 saturated carbocycles. The van der Waals surface area contributed by atoms with Gasteiger partial charge in [-0.05, 0) is 44.6 Å². The van der Waals surface area contributed by atoms with E-state index in [2.05, 4.69) is 27.4 Å². The lowest BCUT2D eigenvalue weighted by Gasteiger charge is -2.26. The summed E-state index contributed by atoms with van der Waals surface area (Å²) < 4.78 is 30.1. The molecule has 1 N–H and O–H groups in total. The first kappa shape index (κ1) is 18.5.